The summed E-state index contributed by atoms with van der Waals surface area (Å²) >= 11 is 0. The summed E-state index contributed by atoms with van der Waals surface area (Å²) in [6.45, 7) is 5.69. The van der Waals surface area contributed by atoms with Crippen molar-refractivity contribution in [2.75, 3.05) is 13.2 Å². The van der Waals surface area contributed by atoms with Crippen molar-refractivity contribution in [2.45, 2.75) is 32.9 Å². The molecule has 0 saturated carbocycles. The van der Waals surface area contributed by atoms with Crippen LogP contribution in [-0.2, 0) is 11.3 Å². The Morgan fingerprint density at radius 3 is 2.81 bits per heavy atom. The van der Waals surface area contributed by atoms with Crippen LogP contribution in [0.1, 0.15) is 19.0 Å². The minimum atomic E-state index is 0.0345. The zero-order valence-corrected chi connectivity index (χ0v) is 9.98. The molecule has 1 rings (SSSR count). The number of nitrogens with two attached hydrogens (primary N) is 1. The molecule has 1 heterocycles. The first kappa shape index (κ1) is 12.9. The average Bonchev–Trinajstić information content (AvgIpc) is 2.27. The summed E-state index contributed by atoms with van der Waals surface area (Å²) in [6.07, 6.45) is 0.811. The van der Waals surface area contributed by atoms with Crippen LogP contribution < -0.4 is 11.3 Å². The Morgan fingerprint density at radius 2 is 2.25 bits per heavy atom. The lowest BCUT2D eigenvalue weighted by Gasteiger charge is -2.16. The van der Waals surface area contributed by atoms with Gasteiger partial charge in [0.2, 0.25) is 0 Å². The van der Waals surface area contributed by atoms with Crippen LogP contribution in [0.25, 0.3) is 0 Å². The van der Waals surface area contributed by atoms with Gasteiger partial charge in [-0.25, -0.2) is 0 Å². The van der Waals surface area contributed by atoms with Crippen LogP contribution in [0.2, 0.25) is 0 Å². The molecule has 16 heavy (non-hydrogen) atoms. The van der Waals surface area contributed by atoms with Gasteiger partial charge in [0.15, 0.2) is 0 Å². The maximum absolute atomic E-state index is 11.6. The van der Waals surface area contributed by atoms with Crippen LogP contribution in [0.15, 0.2) is 23.0 Å². The number of rotatable bonds is 6. The number of ether oxygens (including phenoxy) is 1. The fourth-order valence-corrected chi connectivity index (χ4v) is 1.69. The lowest BCUT2D eigenvalue weighted by atomic mass is 10.2. The molecule has 0 saturated heterocycles. The van der Waals surface area contributed by atoms with Crippen LogP contribution in [0.3, 0.4) is 0 Å². The number of hydrogen-bond acceptors (Lipinski definition) is 3. The molecule has 0 aliphatic heterocycles. The van der Waals surface area contributed by atoms with Gasteiger partial charge in [-0.3, -0.25) is 4.79 Å². The zero-order chi connectivity index (χ0) is 12.0. The van der Waals surface area contributed by atoms with Gasteiger partial charge in [-0.2, -0.15) is 0 Å². The molecular formula is C12H20N2O2. The van der Waals surface area contributed by atoms with Crippen molar-refractivity contribution >= 4 is 0 Å². The Hall–Kier alpha value is -1.13. The van der Waals surface area contributed by atoms with Crippen molar-refractivity contribution in [2.24, 2.45) is 5.73 Å². The summed E-state index contributed by atoms with van der Waals surface area (Å²) < 4.78 is 7.20. The van der Waals surface area contributed by atoms with Crippen molar-refractivity contribution in [3.63, 3.8) is 0 Å². The maximum Gasteiger partial charge on any atom is 0.250 e. The monoisotopic (exact) mass is 224 g/mol. The molecule has 0 aliphatic rings. The molecule has 0 spiro atoms. The van der Waals surface area contributed by atoms with Gasteiger partial charge in [0.25, 0.3) is 5.56 Å². The molecule has 0 bridgehead atoms. The molecule has 1 unspecified atom stereocenters. The predicted octanol–water partition coefficient (Wildman–Crippen LogP) is 0.911. The minimum absolute atomic E-state index is 0.0345. The van der Waals surface area contributed by atoms with Gasteiger partial charge in [0.05, 0.1) is 6.10 Å². The molecule has 2 N–H and O–H groups in total. The molecule has 0 aromatic carbocycles. The molecule has 1 aromatic heterocycles. The molecule has 0 fully saturated rings. The zero-order valence-electron chi connectivity index (χ0n) is 9.98. The first-order chi connectivity index (χ1) is 7.69. The second-order valence-corrected chi connectivity index (χ2v) is 3.76. The Balaban J connectivity index is 2.63. The number of hydrogen-bond donors (Lipinski definition) is 1. The second-order valence-electron chi connectivity index (χ2n) is 3.76. The number of aryl methyl sites for hydroxylation is 1. The topological polar surface area (TPSA) is 57.2 Å². The van der Waals surface area contributed by atoms with E-state index in [0.717, 1.165) is 12.1 Å². The van der Waals surface area contributed by atoms with Gasteiger partial charge in [-0.05, 0) is 26.3 Å². The summed E-state index contributed by atoms with van der Waals surface area (Å²) in [5.74, 6) is 0. The van der Waals surface area contributed by atoms with Crippen LogP contribution in [0, 0.1) is 6.92 Å². The van der Waals surface area contributed by atoms with Gasteiger partial charge in [0, 0.05) is 31.5 Å². The molecular weight excluding hydrogens is 204 g/mol. The van der Waals surface area contributed by atoms with Crippen molar-refractivity contribution in [1.82, 2.24) is 4.57 Å². The highest BCUT2D eigenvalue weighted by atomic mass is 16.5. The molecule has 4 nitrogen and oxygen atoms in total. The lowest BCUT2D eigenvalue weighted by molar-refractivity contribution is 0.0596. The Bertz CT molecular complexity index is 374. The van der Waals surface area contributed by atoms with Gasteiger partial charge in [0.1, 0.15) is 0 Å². The van der Waals surface area contributed by atoms with E-state index in [1.165, 1.54) is 0 Å². The van der Waals surface area contributed by atoms with Crippen molar-refractivity contribution in [1.29, 1.82) is 0 Å². The van der Waals surface area contributed by atoms with E-state index in [9.17, 15) is 4.79 Å². The van der Waals surface area contributed by atoms with E-state index in [-0.39, 0.29) is 11.7 Å². The smallest absolute Gasteiger partial charge is 0.250 e. The van der Waals surface area contributed by atoms with Crippen molar-refractivity contribution in [3.8, 4) is 0 Å². The van der Waals surface area contributed by atoms with Gasteiger partial charge in [-0.15, -0.1) is 0 Å². The third kappa shape index (κ3) is 3.47. The third-order valence-corrected chi connectivity index (χ3v) is 2.61. The Labute approximate surface area is 96.0 Å². The summed E-state index contributed by atoms with van der Waals surface area (Å²) in [5, 5.41) is 0. The van der Waals surface area contributed by atoms with Gasteiger partial charge < -0.3 is 15.0 Å². The largest absolute Gasteiger partial charge is 0.377 e. The van der Waals surface area contributed by atoms with Crippen LogP contribution in [0.5, 0.6) is 0 Å². The standard InChI is InChI=1S/C12H20N2O2/c1-3-16-11(9-13)7-8-14-10(2)5-4-6-12(14)15/h4-6,11H,3,7-9,13H2,1-2H3. The summed E-state index contributed by atoms with van der Waals surface area (Å²) in [5.41, 5.74) is 6.59. The Morgan fingerprint density at radius 1 is 1.50 bits per heavy atom. The van der Waals surface area contributed by atoms with E-state index in [0.29, 0.717) is 19.7 Å². The number of pyridine rings is 1. The highest BCUT2D eigenvalue weighted by Crippen LogP contribution is 2.01. The number of aromatic nitrogens is 1. The molecule has 90 valence electrons. The predicted molar refractivity (Wildman–Crippen MR) is 64.5 cm³/mol. The van der Waals surface area contributed by atoms with Crippen molar-refractivity contribution < 1.29 is 4.74 Å². The fourth-order valence-electron chi connectivity index (χ4n) is 1.69. The number of nitrogens with zero attached hydrogens (tertiary/aromatic N) is 1. The van der Waals surface area contributed by atoms with Crippen LogP contribution in [0.4, 0.5) is 0 Å². The van der Waals surface area contributed by atoms with E-state index in [1.54, 1.807) is 16.7 Å². The lowest BCUT2D eigenvalue weighted by Crippen LogP contribution is -2.28. The van der Waals surface area contributed by atoms with Gasteiger partial charge in [-0.1, -0.05) is 6.07 Å². The Kier molecular flexibility index (Phi) is 5.22. The van der Waals surface area contributed by atoms with E-state index in [1.807, 2.05) is 19.9 Å². The van der Waals surface area contributed by atoms with Crippen LogP contribution in [-0.4, -0.2) is 23.8 Å². The second kappa shape index (κ2) is 6.45. The van der Waals surface area contributed by atoms with Crippen LogP contribution >= 0.6 is 0 Å². The molecule has 0 amide bonds. The highest BCUT2D eigenvalue weighted by Gasteiger charge is 2.07. The summed E-state index contributed by atoms with van der Waals surface area (Å²) in [4.78, 5) is 11.6. The summed E-state index contributed by atoms with van der Waals surface area (Å²) in [6, 6.07) is 5.28. The third-order valence-electron chi connectivity index (χ3n) is 2.61. The molecule has 1 aromatic rings. The molecule has 0 radical (unpaired) electrons. The average molecular weight is 224 g/mol. The fraction of sp³-hybridized carbons (Fsp3) is 0.583. The van der Waals surface area contributed by atoms with E-state index >= 15 is 0 Å². The summed E-state index contributed by atoms with van der Waals surface area (Å²) in [7, 11) is 0. The quantitative estimate of drug-likeness (QED) is 0.781. The highest BCUT2D eigenvalue weighted by molar-refractivity contribution is 5.04. The van der Waals surface area contributed by atoms with E-state index in [4.69, 9.17) is 10.5 Å². The minimum Gasteiger partial charge on any atom is -0.377 e. The maximum atomic E-state index is 11.6. The van der Waals surface area contributed by atoms with E-state index < -0.39 is 0 Å². The first-order valence-corrected chi connectivity index (χ1v) is 5.67. The normalized spacial score (nSPS) is 12.7. The molecule has 1 atom stereocenters. The SMILES string of the molecule is CCOC(CN)CCn1c(C)cccc1=O. The molecule has 4 heteroatoms. The van der Waals surface area contributed by atoms with Crippen molar-refractivity contribution in [3.05, 3.63) is 34.2 Å². The molecule has 0 aliphatic carbocycles. The first-order valence-electron chi connectivity index (χ1n) is 5.67. The van der Waals surface area contributed by atoms with Gasteiger partial charge >= 0.3 is 0 Å². The van der Waals surface area contributed by atoms with E-state index in [2.05, 4.69) is 0 Å².